The molecule has 1 saturated heterocycles. The number of nitrogens with one attached hydrogen (secondary N) is 1. The fourth-order valence-electron chi connectivity index (χ4n) is 3.75. The molecule has 0 spiro atoms. The number of pyridine rings is 1. The van der Waals surface area contributed by atoms with E-state index in [1.807, 2.05) is 35.0 Å². The molecular formula is C21H20F3N5O2. The van der Waals surface area contributed by atoms with Crippen LogP contribution in [0.1, 0.15) is 30.5 Å². The number of imidazole rings is 1. The minimum atomic E-state index is -4.60. The number of fused-ring (bicyclic) bond motifs is 1. The molecule has 0 unspecified atom stereocenters. The van der Waals surface area contributed by atoms with Crippen molar-refractivity contribution in [1.29, 1.82) is 0 Å². The Kier molecular flexibility index (Phi) is 5.01. The second-order valence-corrected chi connectivity index (χ2v) is 7.59. The topological polar surface area (TPSA) is 73.6 Å². The van der Waals surface area contributed by atoms with Crippen LogP contribution in [0, 0.1) is 0 Å². The number of nitrogens with zero attached hydrogens (tertiary/aromatic N) is 4. The summed E-state index contributed by atoms with van der Waals surface area (Å²) in [6.45, 7) is 0.496. The smallest absolute Gasteiger partial charge is 0.423 e. The minimum Gasteiger partial charge on any atom is -0.469 e. The highest BCUT2D eigenvalue weighted by molar-refractivity contribution is 5.67. The number of alkyl halides is 3. The van der Waals surface area contributed by atoms with Crippen LogP contribution in [0.15, 0.2) is 42.9 Å². The average Bonchev–Trinajstić information content (AvgIpc) is 3.14. The third kappa shape index (κ3) is 4.07. The number of aromatic nitrogens is 4. The first-order valence-corrected chi connectivity index (χ1v) is 10.1. The van der Waals surface area contributed by atoms with Crippen molar-refractivity contribution < 1.29 is 22.6 Å². The van der Waals surface area contributed by atoms with E-state index in [1.54, 1.807) is 0 Å². The number of halogens is 3. The summed E-state index contributed by atoms with van der Waals surface area (Å²) in [5, 5.41) is 3.14. The van der Waals surface area contributed by atoms with Crippen molar-refractivity contribution in [2.75, 3.05) is 18.5 Å². The quantitative estimate of drug-likeness (QED) is 0.659. The van der Waals surface area contributed by atoms with Crippen LogP contribution >= 0.6 is 0 Å². The summed E-state index contributed by atoms with van der Waals surface area (Å²) in [5.41, 5.74) is 2.00. The summed E-state index contributed by atoms with van der Waals surface area (Å²) >= 11 is 0. The maximum absolute atomic E-state index is 13.3. The summed E-state index contributed by atoms with van der Waals surface area (Å²) in [7, 11) is 0. The number of ether oxygens (including phenoxy) is 2. The first-order valence-electron chi connectivity index (χ1n) is 10.1. The van der Waals surface area contributed by atoms with E-state index in [-0.39, 0.29) is 25.2 Å². The molecule has 0 amide bonds. The van der Waals surface area contributed by atoms with Gasteiger partial charge >= 0.3 is 6.18 Å². The summed E-state index contributed by atoms with van der Waals surface area (Å²) < 4.78 is 52.4. The van der Waals surface area contributed by atoms with Crippen LogP contribution in [-0.4, -0.2) is 44.7 Å². The highest BCUT2D eigenvalue weighted by atomic mass is 19.4. The third-order valence-electron chi connectivity index (χ3n) is 5.37. The van der Waals surface area contributed by atoms with Crippen molar-refractivity contribution in [2.24, 2.45) is 0 Å². The number of allylic oxidation sites excluding steroid dienone is 1. The first-order chi connectivity index (χ1) is 15.0. The van der Waals surface area contributed by atoms with Crippen molar-refractivity contribution in [2.45, 2.75) is 37.6 Å². The van der Waals surface area contributed by atoms with Gasteiger partial charge in [-0.05, 0) is 37.0 Å². The number of anilines is 1. The van der Waals surface area contributed by atoms with Crippen LogP contribution in [0.5, 0.6) is 5.88 Å². The Balaban J connectivity index is 1.39. The lowest BCUT2D eigenvalue weighted by Gasteiger charge is -2.27. The molecule has 5 rings (SSSR count). The van der Waals surface area contributed by atoms with Gasteiger partial charge in [0.2, 0.25) is 11.8 Å². The highest BCUT2D eigenvalue weighted by Crippen LogP contribution is 2.36. The van der Waals surface area contributed by atoms with Crippen molar-refractivity contribution in [3.05, 3.63) is 54.1 Å². The van der Waals surface area contributed by atoms with Crippen LogP contribution in [0.25, 0.3) is 11.2 Å². The van der Waals surface area contributed by atoms with E-state index >= 15 is 0 Å². The Bertz CT molecular complexity index is 1120. The van der Waals surface area contributed by atoms with Gasteiger partial charge in [-0.25, -0.2) is 9.97 Å². The highest BCUT2D eigenvalue weighted by Gasteiger charge is 2.37. The molecule has 1 fully saturated rings. The summed E-state index contributed by atoms with van der Waals surface area (Å²) in [6, 6.07) is 5.70. The van der Waals surface area contributed by atoms with Crippen LogP contribution in [-0.2, 0) is 10.9 Å². The molecule has 0 radical (unpaired) electrons. The molecule has 1 N–H and O–H groups in total. The first kappa shape index (κ1) is 19.8. The zero-order chi connectivity index (χ0) is 21.4. The van der Waals surface area contributed by atoms with Crippen molar-refractivity contribution in [3.63, 3.8) is 0 Å². The zero-order valence-electron chi connectivity index (χ0n) is 16.5. The molecule has 1 aliphatic carbocycles. The van der Waals surface area contributed by atoms with E-state index in [9.17, 15) is 13.2 Å². The van der Waals surface area contributed by atoms with Crippen molar-refractivity contribution in [1.82, 2.24) is 19.4 Å². The number of hydrogen-bond donors (Lipinski definition) is 1. The van der Waals surface area contributed by atoms with Gasteiger partial charge in [0.1, 0.15) is 17.3 Å². The molecule has 0 bridgehead atoms. The van der Waals surface area contributed by atoms with E-state index in [0.717, 1.165) is 42.4 Å². The van der Waals surface area contributed by atoms with Crippen molar-refractivity contribution in [3.8, 4) is 5.88 Å². The Morgan fingerprint density at radius 3 is 2.81 bits per heavy atom. The Labute approximate surface area is 175 Å². The summed E-state index contributed by atoms with van der Waals surface area (Å²) in [5.74, 6) is -0.371. The van der Waals surface area contributed by atoms with Crippen molar-refractivity contribution >= 4 is 17.2 Å². The lowest BCUT2D eigenvalue weighted by Crippen LogP contribution is -2.39. The predicted molar refractivity (Wildman–Crippen MR) is 107 cm³/mol. The van der Waals surface area contributed by atoms with E-state index in [4.69, 9.17) is 9.47 Å². The molecule has 0 saturated carbocycles. The molecule has 3 aromatic heterocycles. The van der Waals surface area contributed by atoms with E-state index in [0.29, 0.717) is 0 Å². The fraction of sp³-hybridized carbons (Fsp3) is 0.381. The molecule has 0 aromatic carbocycles. The minimum absolute atomic E-state index is 0.101. The van der Waals surface area contributed by atoms with Gasteiger partial charge in [-0.2, -0.15) is 18.2 Å². The molecule has 1 aliphatic heterocycles. The number of hydrogen-bond acceptors (Lipinski definition) is 6. The van der Waals surface area contributed by atoms with E-state index in [2.05, 4.69) is 26.3 Å². The van der Waals surface area contributed by atoms with Crippen LogP contribution < -0.4 is 10.1 Å². The maximum atomic E-state index is 13.3. The molecule has 4 heterocycles. The summed E-state index contributed by atoms with van der Waals surface area (Å²) in [6.07, 6.45) is 4.24. The van der Waals surface area contributed by atoms with Gasteiger partial charge in [0.05, 0.1) is 25.1 Å². The molecule has 31 heavy (non-hydrogen) atoms. The van der Waals surface area contributed by atoms with Crippen LogP contribution in [0.2, 0.25) is 0 Å². The Morgan fingerprint density at radius 2 is 2.03 bits per heavy atom. The van der Waals surface area contributed by atoms with Crippen LogP contribution in [0.3, 0.4) is 0 Å². The monoisotopic (exact) mass is 431 g/mol. The van der Waals surface area contributed by atoms with Gasteiger partial charge in [-0.3, -0.25) is 0 Å². The van der Waals surface area contributed by atoms with Crippen LogP contribution in [0.4, 0.5) is 19.1 Å². The SMILES string of the molecule is FC(F)(F)c1cnc(N[C@@H]2C=C(c3cnc4ccccn34)CCC2)nc1OC1COC1. The molecule has 7 nitrogen and oxygen atoms in total. The van der Waals surface area contributed by atoms with Gasteiger partial charge in [0.25, 0.3) is 0 Å². The van der Waals surface area contributed by atoms with E-state index in [1.165, 1.54) is 0 Å². The van der Waals surface area contributed by atoms with Gasteiger partial charge in [-0.15, -0.1) is 0 Å². The Morgan fingerprint density at radius 1 is 1.16 bits per heavy atom. The van der Waals surface area contributed by atoms with E-state index < -0.39 is 23.7 Å². The molecule has 1 atom stereocenters. The summed E-state index contributed by atoms with van der Waals surface area (Å²) in [4.78, 5) is 12.3. The second-order valence-electron chi connectivity index (χ2n) is 7.59. The predicted octanol–water partition coefficient (Wildman–Crippen LogP) is 3.97. The second kappa shape index (κ2) is 7.84. The van der Waals surface area contributed by atoms with Gasteiger partial charge in [0, 0.05) is 18.4 Å². The molecule has 162 valence electrons. The van der Waals surface area contributed by atoms with Gasteiger partial charge in [0.15, 0.2) is 0 Å². The maximum Gasteiger partial charge on any atom is 0.423 e. The average molecular weight is 431 g/mol. The molecular weight excluding hydrogens is 411 g/mol. The lowest BCUT2D eigenvalue weighted by molar-refractivity contribution is -0.142. The third-order valence-corrected chi connectivity index (χ3v) is 5.37. The largest absolute Gasteiger partial charge is 0.469 e. The normalized spacial score (nSPS) is 19.7. The molecule has 10 heteroatoms. The molecule has 2 aliphatic rings. The zero-order valence-corrected chi connectivity index (χ0v) is 16.5. The molecule has 3 aromatic rings. The van der Waals surface area contributed by atoms with Gasteiger partial charge in [-0.1, -0.05) is 12.1 Å². The van der Waals surface area contributed by atoms with Gasteiger partial charge < -0.3 is 19.2 Å². The number of rotatable bonds is 5. The standard InChI is InChI=1S/C21H20F3N5O2/c22-21(23,24)16-9-26-20(28-19(16)31-15-11-30-12-15)27-14-5-3-4-13(8-14)17-10-25-18-6-1-2-7-29(17)18/h1-2,6-10,14-15H,3-5,11-12H2,(H,26,27,28)/t14-/m0/s1. The Hall–Kier alpha value is -3.14. The fourth-order valence-corrected chi connectivity index (χ4v) is 3.75. The lowest BCUT2D eigenvalue weighted by atomic mass is 9.94.